The molecule has 1 aliphatic rings. The molecule has 21 heavy (non-hydrogen) atoms. The maximum Gasteiger partial charge on any atom is 0.120 e. The van der Waals surface area contributed by atoms with Crippen LogP contribution >= 0.6 is 0 Å². The van der Waals surface area contributed by atoms with E-state index in [1.165, 1.54) is 24.0 Å². The molecule has 1 fully saturated rings. The lowest BCUT2D eigenvalue weighted by molar-refractivity contribution is 0.302. The van der Waals surface area contributed by atoms with Crippen LogP contribution in [0.2, 0.25) is 0 Å². The lowest BCUT2D eigenvalue weighted by atomic mass is 9.99. The first-order valence-electron chi connectivity index (χ1n) is 7.74. The molecule has 1 aliphatic carbocycles. The van der Waals surface area contributed by atoms with E-state index in [0.29, 0.717) is 12.1 Å². The highest BCUT2D eigenvalue weighted by molar-refractivity contribution is 5.32. The van der Waals surface area contributed by atoms with Gasteiger partial charge in [-0.05, 0) is 61.2 Å². The molecule has 3 nitrogen and oxygen atoms in total. The van der Waals surface area contributed by atoms with E-state index in [1.54, 1.807) is 0 Å². The van der Waals surface area contributed by atoms with Crippen molar-refractivity contribution in [2.45, 2.75) is 38.3 Å². The van der Waals surface area contributed by atoms with Gasteiger partial charge in [-0.1, -0.05) is 19.1 Å². The minimum Gasteiger partial charge on any atom is -0.490 e. The highest BCUT2D eigenvalue weighted by Gasteiger charge is 2.23. The molecule has 3 rings (SSSR count). The Morgan fingerprint density at radius 3 is 2.76 bits per heavy atom. The van der Waals surface area contributed by atoms with E-state index >= 15 is 0 Å². The molecule has 1 N–H and O–H groups in total. The van der Waals surface area contributed by atoms with E-state index in [1.807, 2.05) is 12.4 Å². The highest BCUT2D eigenvalue weighted by atomic mass is 16.5. The second-order valence-electron chi connectivity index (χ2n) is 5.56. The third-order valence-electron chi connectivity index (χ3n) is 3.73. The fourth-order valence-corrected chi connectivity index (χ4v) is 2.49. The Morgan fingerprint density at radius 2 is 2.05 bits per heavy atom. The summed E-state index contributed by atoms with van der Waals surface area (Å²) in [5.74, 6) is 0.993. The van der Waals surface area contributed by atoms with Crippen molar-refractivity contribution in [2.24, 2.45) is 0 Å². The van der Waals surface area contributed by atoms with E-state index in [4.69, 9.17) is 4.74 Å². The van der Waals surface area contributed by atoms with Gasteiger partial charge in [0, 0.05) is 18.4 Å². The molecular formula is C18H22N2O. The van der Waals surface area contributed by atoms with Crippen LogP contribution in [0.15, 0.2) is 48.8 Å². The summed E-state index contributed by atoms with van der Waals surface area (Å²) in [7, 11) is 0. The number of ether oxygens (including phenoxy) is 1. The van der Waals surface area contributed by atoms with Crippen molar-refractivity contribution in [3.8, 4) is 5.75 Å². The van der Waals surface area contributed by atoms with Gasteiger partial charge >= 0.3 is 0 Å². The van der Waals surface area contributed by atoms with Crippen LogP contribution in [0, 0.1) is 0 Å². The van der Waals surface area contributed by atoms with Gasteiger partial charge in [0.2, 0.25) is 0 Å². The van der Waals surface area contributed by atoms with Crippen LogP contribution < -0.4 is 10.1 Å². The Hall–Kier alpha value is -1.87. The van der Waals surface area contributed by atoms with Crippen LogP contribution in [0.25, 0.3) is 0 Å². The van der Waals surface area contributed by atoms with Crippen molar-refractivity contribution in [3.63, 3.8) is 0 Å². The third kappa shape index (κ3) is 4.05. The standard InChI is InChI=1S/C18H22N2O/c1-2-20-18(12-14-8-10-19-11-9-14)15-4-3-5-17(13-15)21-16-6-7-16/h3-5,8-11,13,16,18,20H,2,6-7,12H2,1H3. The van der Waals surface area contributed by atoms with Gasteiger partial charge in [0.25, 0.3) is 0 Å². The lowest BCUT2D eigenvalue weighted by Gasteiger charge is -2.19. The fraction of sp³-hybridized carbons (Fsp3) is 0.389. The van der Waals surface area contributed by atoms with Crippen LogP contribution in [0.1, 0.15) is 36.9 Å². The van der Waals surface area contributed by atoms with Crippen molar-refractivity contribution in [2.75, 3.05) is 6.54 Å². The molecule has 2 aromatic rings. The SMILES string of the molecule is CCNC(Cc1ccncc1)c1cccc(OC2CC2)c1. The molecule has 0 spiro atoms. The molecule has 0 radical (unpaired) electrons. The van der Waals surface area contributed by atoms with E-state index in [2.05, 4.69) is 53.6 Å². The first-order chi connectivity index (χ1) is 10.3. The maximum absolute atomic E-state index is 5.91. The van der Waals surface area contributed by atoms with Gasteiger partial charge in [-0.3, -0.25) is 4.98 Å². The molecule has 1 heterocycles. The van der Waals surface area contributed by atoms with Crippen molar-refractivity contribution in [3.05, 3.63) is 59.9 Å². The van der Waals surface area contributed by atoms with E-state index in [-0.39, 0.29) is 0 Å². The molecule has 1 aromatic carbocycles. The monoisotopic (exact) mass is 282 g/mol. The second kappa shape index (κ2) is 6.72. The number of nitrogens with zero attached hydrogens (tertiary/aromatic N) is 1. The Balaban J connectivity index is 1.75. The maximum atomic E-state index is 5.91. The topological polar surface area (TPSA) is 34.2 Å². The fourth-order valence-electron chi connectivity index (χ4n) is 2.49. The lowest BCUT2D eigenvalue weighted by Crippen LogP contribution is -2.23. The van der Waals surface area contributed by atoms with Gasteiger partial charge in [0.15, 0.2) is 0 Å². The summed E-state index contributed by atoms with van der Waals surface area (Å²) in [5, 5.41) is 3.57. The van der Waals surface area contributed by atoms with Crippen molar-refractivity contribution < 1.29 is 4.74 Å². The molecule has 1 saturated carbocycles. The van der Waals surface area contributed by atoms with Crippen molar-refractivity contribution in [1.82, 2.24) is 10.3 Å². The zero-order valence-electron chi connectivity index (χ0n) is 12.5. The normalized spacial score (nSPS) is 15.7. The van der Waals surface area contributed by atoms with E-state index in [9.17, 15) is 0 Å². The predicted molar refractivity (Wildman–Crippen MR) is 84.5 cm³/mol. The molecule has 0 aliphatic heterocycles. The number of nitrogens with one attached hydrogen (secondary N) is 1. The average molecular weight is 282 g/mol. The van der Waals surface area contributed by atoms with Crippen LogP contribution in [0.3, 0.4) is 0 Å². The van der Waals surface area contributed by atoms with Gasteiger partial charge in [-0.2, -0.15) is 0 Å². The van der Waals surface area contributed by atoms with Gasteiger partial charge in [-0.15, -0.1) is 0 Å². The van der Waals surface area contributed by atoms with Crippen LogP contribution in [0.4, 0.5) is 0 Å². The Morgan fingerprint density at radius 1 is 1.24 bits per heavy atom. The summed E-state index contributed by atoms with van der Waals surface area (Å²) in [6.07, 6.45) is 7.49. The minimum atomic E-state index is 0.306. The van der Waals surface area contributed by atoms with Gasteiger partial charge in [-0.25, -0.2) is 0 Å². The molecule has 0 saturated heterocycles. The first-order valence-corrected chi connectivity index (χ1v) is 7.74. The number of pyridine rings is 1. The highest BCUT2D eigenvalue weighted by Crippen LogP contribution is 2.29. The number of rotatable bonds is 7. The molecule has 1 unspecified atom stereocenters. The summed E-state index contributed by atoms with van der Waals surface area (Å²) < 4.78 is 5.91. The number of benzene rings is 1. The van der Waals surface area contributed by atoms with Crippen molar-refractivity contribution in [1.29, 1.82) is 0 Å². The van der Waals surface area contributed by atoms with Crippen LogP contribution in [-0.2, 0) is 6.42 Å². The molecule has 0 amide bonds. The van der Waals surface area contributed by atoms with Gasteiger partial charge in [0.1, 0.15) is 5.75 Å². The summed E-state index contributed by atoms with van der Waals surface area (Å²) in [5.41, 5.74) is 2.58. The van der Waals surface area contributed by atoms with E-state index in [0.717, 1.165) is 18.7 Å². The smallest absolute Gasteiger partial charge is 0.120 e. The second-order valence-corrected chi connectivity index (χ2v) is 5.56. The molecule has 0 bridgehead atoms. The van der Waals surface area contributed by atoms with Crippen LogP contribution in [0.5, 0.6) is 5.75 Å². The summed E-state index contributed by atoms with van der Waals surface area (Å²) in [4.78, 5) is 4.08. The summed E-state index contributed by atoms with van der Waals surface area (Å²) >= 11 is 0. The minimum absolute atomic E-state index is 0.306. The third-order valence-corrected chi connectivity index (χ3v) is 3.73. The average Bonchev–Trinajstić information content (AvgIpc) is 3.32. The molecule has 110 valence electrons. The largest absolute Gasteiger partial charge is 0.490 e. The van der Waals surface area contributed by atoms with Crippen LogP contribution in [-0.4, -0.2) is 17.6 Å². The quantitative estimate of drug-likeness (QED) is 0.843. The number of aromatic nitrogens is 1. The summed E-state index contributed by atoms with van der Waals surface area (Å²) in [6.45, 7) is 3.09. The van der Waals surface area contributed by atoms with Gasteiger partial charge < -0.3 is 10.1 Å². The predicted octanol–water partition coefficient (Wildman–Crippen LogP) is 3.52. The summed E-state index contributed by atoms with van der Waals surface area (Å²) in [6, 6.07) is 13.0. The molecular weight excluding hydrogens is 260 g/mol. The number of likely N-dealkylation sites (N-methyl/N-ethyl adjacent to an activating group) is 1. The number of hydrogen-bond donors (Lipinski definition) is 1. The van der Waals surface area contributed by atoms with Crippen molar-refractivity contribution >= 4 is 0 Å². The Kier molecular flexibility index (Phi) is 4.51. The molecule has 1 aromatic heterocycles. The Bertz CT molecular complexity index is 566. The first kappa shape index (κ1) is 14.1. The molecule has 3 heteroatoms. The zero-order chi connectivity index (χ0) is 14.5. The molecule has 1 atom stereocenters. The Labute approximate surface area is 126 Å². The van der Waals surface area contributed by atoms with E-state index < -0.39 is 0 Å². The zero-order valence-corrected chi connectivity index (χ0v) is 12.5. The van der Waals surface area contributed by atoms with Gasteiger partial charge in [0.05, 0.1) is 6.10 Å². The number of hydrogen-bond acceptors (Lipinski definition) is 3.